The minimum Gasteiger partial charge on any atom is -0.465 e. The van der Waals surface area contributed by atoms with Crippen LogP contribution in [-0.4, -0.2) is 22.8 Å². The highest BCUT2D eigenvalue weighted by Crippen LogP contribution is 2.59. The quantitative estimate of drug-likeness (QED) is 0.149. The first-order valence-electron chi connectivity index (χ1n) is 15.8. The summed E-state index contributed by atoms with van der Waals surface area (Å²) in [6, 6.07) is 14.8. The van der Waals surface area contributed by atoms with Crippen molar-refractivity contribution in [2.45, 2.75) is 127 Å². The Labute approximate surface area is 236 Å². The maximum absolute atomic E-state index is 13.2. The topological polar surface area (TPSA) is 66.8 Å². The molecule has 5 rings (SSSR count). The van der Waals surface area contributed by atoms with E-state index in [2.05, 4.69) is 6.92 Å². The van der Waals surface area contributed by atoms with Crippen LogP contribution in [0, 0.1) is 5.92 Å². The molecule has 0 radical (unpaired) electrons. The van der Waals surface area contributed by atoms with Gasteiger partial charge in [-0.3, -0.25) is 4.79 Å². The third kappa shape index (κ3) is 6.77. The molecular weight excluding hydrogens is 484 g/mol. The number of rotatable bonds is 18. The number of carbonyl (C=O) groups excluding carboxylic acids is 1. The molecule has 0 heterocycles. The minimum atomic E-state index is -1.48. The number of hydrogen-bond acceptors (Lipinski definition) is 4. The summed E-state index contributed by atoms with van der Waals surface area (Å²) in [6.45, 7) is 2.64. The molecule has 3 aliphatic rings. The van der Waals surface area contributed by atoms with Gasteiger partial charge in [-0.2, -0.15) is 0 Å². The van der Waals surface area contributed by atoms with Crippen molar-refractivity contribution in [3.05, 3.63) is 70.8 Å². The molecule has 0 spiro atoms. The highest BCUT2D eigenvalue weighted by Gasteiger charge is 2.62. The molecule has 2 bridgehead atoms. The average Bonchev–Trinajstić information content (AvgIpc) is 2.96. The Morgan fingerprint density at radius 2 is 1.05 bits per heavy atom. The zero-order chi connectivity index (χ0) is 27.6. The highest BCUT2D eigenvalue weighted by atomic mass is 16.5. The van der Waals surface area contributed by atoms with Gasteiger partial charge in [-0.05, 0) is 28.7 Å². The third-order valence-electron chi connectivity index (χ3n) is 9.10. The molecule has 0 aromatic heterocycles. The van der Waals surface area contributed by atoms with Gasteiger partial charge in [0.1, 0.15) is 11.2 Å². The summed E-state index contributed by atoms with van der Waals surface area (Å²) >= 11 is 0. The van der Waals surface area contributed by atoms with E-state index < -0.39 is 23.1 Å². The zero-order valence-electron chi connectivity index (χ0n) is 24.1. The number of benzene rings is 2. The van der Waals surface area contributed by atoms with Crippen molar-refractivity contribution >= 4 is 5.97 Å². The van der Waals surface area contributed by atoms with Crippen LogP contribution in [-0.2, 0) is 20.7 Å². The van der Waals surface area contributed by atoms with Crippen molar-refractivity contribution in [2.75, 3.05) is 6.61 Å². The molecule has 0 aliphatic heterocycles. The van der Waals surface area contributed by atoms with Gasteiger partial charge in [-0.25, -0.2) is 0 Å². The molecule has 0 amide bonds. The maximum atomic E-state index is 13.2. The van der Waals surface area contributed by atoms with Gasteiger partial charge in [-0.15, -0.1) is 0 Å². The third-order valence-corrected chi connectivity index (χ3v) is 9.10. The number of ether oxygens (including phenoxy) is 1. The lowest BCUT2D eigenvalue weighted by Gasteiger charge is -2.53. The number of fused-ring (bicyclic) bond motifs is 1. The Morgan fingerprint density at radius 1 is 0.667 bits per heavy atom. The van der Waals surface area contributed by atoms with Gasteiger partial charge >= 0.3 is 5.97 Å². The second-order valence-corrected chi connectivity index (χ2v) is 11.9. The first-order valence-corrected chi connectivity index (χ1v) is 15.8. The predicted octanol–water partition coefficient (Wildman–Crippen LogP) is 8.30. The van der Waals surface area contributed by atoms with Crippen LogP contribution in [0.2, 0.25) is 0 Å². The fourth-order valence-electron chi connectivity index (χ4n) is 6.86. The van der Waals surface area contributed by atoms with Crippen LogP contribution in [0.15, 0.2) is 48.5 Å². The van der Waals surface area contributed by atoms with Gasteiger partial charge in [0.05, 0.1) is 12.5 Å². The molecule has 0 fully saturated rings. The molecule has 0 saturated carbocycles. The summed E-state index contributed by atoms with van der Waals surface area (Å²) in [5.74, 6) is -1.24. The Bertz CT molecular complexity index is 997. The van der Waals surface area contributed by atoms with E-state index in [1.54, 1.807) is 0 Å². The van der Waals surface area contributed by atoms with E-state index in [9.17, 15) is 15.0 Å². The zero-order valence-corrected chi connectivity index (χ0v) is 24.1. The van der Waals surface area contributed by atoms with Gasteiger partial charge < -0.3 is 14.9 Å². The van der Waals surface area contributed by atoms with Crippen LogP contribution in [0.25, 0.3) is 0 Å². The molecular formula is C35H50O4. The highest BCUT2D eigenvalue weighted by molar-refractivity contribution is 5.79. The number of unbranched alkanes of at least 4 members (excludes halogenated alkanes) is 15. The summed E-state index contributed by atoms with van der Waals surface area (Å²) in [4.78, 5) is 13.2. The van der Waals surface area contributed by atoms with E-state index in [1.807, 2.05) is 48.5 Å². The van der Waals surface area contributed by atoms with Crippen LogP contribution in [0.1, 0.15) is 138 Å². The summed E-state index contributed by atoms with van der Waals surface area (Å²) in [6.07, 6.45) is 21.0. The molecule has 0 saturated heterocycles. The van der Waals surface area contributed by atoms with E-state index in [0.29, 0.717) is 28.9 Å². The minimum absolute atomic E-state index is 0.134. The van der Waals surface area contributed by atoms with Gasteiger partial charge in [0, 0.05) is 6.42 Å². The van der Waals surface area contributed by atoms with Crippen molar-refractivity contribution in [1.82, 2.24) is 0 Å². The molecule has 39 heavy (non-hydrogen) atoms. The molecule has 4 heteroatoms. The molecule has 2 N–H and O–H groups in total. The first-order chi connectivity index (χ1) is 19.0. The largest absolute Gasteiger partial charge is 0.465 e. The van der Waals surface area contributed by atoms with Gasteiger partial charge in [-0.1, -0.05) is 152 Å². The maximum Gasteiger partial charge on any atom is 0.312 e. The van der Waals surface area contributed by atoms with Crippen molar-refractivity contribution in [3.63, 3.8) is 0 Å². The molecule has 1 unspecified atom stereocenters. The van der Waals surface area contributed by atoms with Crippen molar-refractivity contribution < 1.29 is 19.7 Å². The van der Waals surface area contributed by atoms with E-state index >= 15 is 0 Å². The predicted molar refractivity (Wildman–Crippen MR) is 157 cm³/mol. The van der Waals surface area contributed by atoms with E-state index in [4.69, 9.17) is 4.74 Å². The number of hydrogen-bond donors (Lipinski definition) is 2. The van der Waals surface area contributed by atoms with E-state index in [0.717, 1.165) is 12.8 Å². The summed E-state index contributed by atoms with van der Waals surface area (Å²) < 4.78 is 5.68. The average molecular weight is 535 g/mol. The fraction of sp³-hybridized carbons (Fsp3) is 0.629. The van der Waals surface area contributed by atoms with Crippen LogP contribution in [0.3, 0.4) is 0 Å². The SMILES string of the molecule is CCCCCCCCCCCCCCCCCCOC(=O)C1CC2(O)c3ccccc3C1(O)c1ccccc12. The monoisotopic (exact) mass is 534 g/mol. The van der Waals surface area contributed by atoms with Crippen LogP contribution in [0.4, 0.5) is 0 Å². The number of carbonyl (C=O) groups is 1. The fourth-order valence-corrected chi connectivity index (χ4v) is 6.86. The molecule has 1 atom stereocenters. The Balaban J connectivity index is 1.11. The van der Waals surface area contributed by atoms with E-state index in [-0.39, 0.29) is 6.42 Å². The molecule has 4 nitrogen and oxygen atoms in total. The van der Waals surface area contributed by atoms with Gasteiger partial charge in [0.15, 0.2) is 0 Å². The standard InChI is InChI=1S/C35H50O4/c1-2-3-4-5-6-7-8-9-10-11-12-13-14-15-16-21-26-39-33(36)32-27-34(37)28-22-17-19-24-30(28)35(32,38)31-25-20-18-23-29(31)34/h17-20,22-25,32,37-38H,2-16,21,26-27H2,1H3. The molecule has 2 aromatic rings. The van der Waals surface area contributed by atoms with Crippen molar-refractivity contribution in [2.24, 2.45) is 5.92 Å². The Hall–Kier alpha value is -2.17. The van der Waals surface area contributed by atoms with Crippen LogP contribution >= 0.6 is 0 Å². The second-order valence-electron chi connectivity index (χ2n) is 11.9. The Kier molecular flexibility index (Phi) is 11.0. The lowest BCUT2D eigenvalue weighted by molar-refractivity contribution is -0.167. The second kappa shape index (κ2) is 14.5. The lowest BCUT2D eigenvalue weighted by atomic mass is 9.54. The normalized spacial score (nSPS) is 22.9. The van der Waals surface area contributed by atoms with Crippen LogP contribution < -0.4 is 0 Å². The Morgan fingerprint density at radius 3 is 1.49 bits per heavy atom. The molecule has 214 valence electrons. The van der Waals surface area contributed by atoms with Crippen molar-refractivity contribution in [1.29, 1.82) is 0 Å². The summed E-state index contributed by atoms with van der Waals surface area (Å²) in [5, 5.41) is 23.8. The summed E-state index contributed by atoms with van der Waals surface area (Å²) in [5.41, 5.74) is -0.177. The molecule has 2 aromatic carbocycles. The molecule has 3 aliphatic carbocycles. The van der Waals surface area contributed by atoms with Gasteiger partial charge in [0.2, 0.25) is 0 Å². The van der Waals surface area contributed by atoms with Crippen LogP contribution in [0.5, 0.6) is 0 Å². The van der Waals surface area contributed by atoms with E-state index in [1.165, 1.54) is 89.9 Å². The van der Waals surface area contributed by atoms with Crippen molar-refractivity contribution in [3.8, 4) is 0 Å². The lowest BCUT2D eigenvalue weighted by Crippen LogP contribution is -2.57. The first kappa shape index (κ1) is 29.8. The number of esters is 1. The van der Waals surface area contributed by atoms with Gasteiger partial charge in [0.25, 0.3) is 0 Å². The summed E-state index contributed by atoms with van der Waals surface area (Å²) in [7, 11) is 0. The smallest absolute Gasteiger partial charge is 0.312 e. The number of aliphatic hydroxyl groups is 2.